The van der Waals surface area contributed by atoms with Crippen molar-refractivity contribution >= 4 is 45.2 Å². The molecule has 0 aliphatic rings. The molecule has 1 N–H and O–H groups in total. The van der Waals surface area contributed by atoms with Gasteiger partial charge in [-0.2, -0.15) is 0 Å². The third kappa shape index (κ3) is 1.94. The standard InChI is InChI=1S/C18H13NSe/c1-2-7-13(8-3-1)19-15-10-6-12-17-18(15)14-9-4-5-11-16(14)20-17/h1-12,19H. The molecule has 0 spiro atoms. The molecule has 0 saturated heterocycles. The normalized spacial score (nSPS) is 11.0. The van der Waals surface area contributed by atoms with Crippen LogP contribution in [0.25, 0.3) is 19.3 Å². The Morgan fingerprint density at radius 2 is 1.40 bits per heavy atom. The third-order valence-corrected chi connectivity index (χ3v) is 5.84. The molecule has 1 aromatic heterocycles. The summed E-state index contributed by atoms with van der Waals surface area (Å²) in [5, 5.41) is 6.33. The first-order chi connectivity index (χ1) is 9.92. The van der Waals surface area contributed by atoms with Crippen molar-refractivity contribution in [3.05, 3.63) is 72.8 Å². The fourth-order valence-electron chi connectivity index (χ4n) is 2.56. The van der Waals surface area contributed by atoms with Gasteiger partial charge in [0.15, 0.2) is 0 Å². The van der Waals surface area contributed by atoms with Gasteiger partial charge in [-0.3, -0.25) is 0 Å². The Bertz CT molecular complexity index is 878. The van der Waals surface area contributed by atoms with Crippen molar-refractivity contribution in [3.8, 4) is 0 Å². The molecule has 0 amide bonds. The van der Waals surface area contributed by atoms with Gasteiger partial charge in [0.25, 0.3) is 0 Å². The van der Waals surface area contributed by atoms with E-state index in [1.165, 1.54) is 25.0 Å². The molecule has 0 saturated carbocycles. The van der Waals surface area contributed by atoms with Crippen molar-refractivity contribution in [3.63, 3.8) is 0 Å². The molecular weight excluding hydrogens is 309 g/mol. The van der Waals surface area contributed by atoms with Crippen LogP contribution < -0.4 is 5.32 Å². The summed E-state index contributed by atoms with van der Waals surface area (Å²) < 4.78 is 2.96. The summed E-state index contributed by atoms with van der Waals surface area (Å²) in [6.45, 7) is 0. The predicted octanol–water partition coefficient (Wildman–Crippen LogP) is 4.79. The van der Waals surface area contributed by atoms with Gasteiger partial charge >= 0.3 is 123 Å². The second kappa shape index (κ2) is 4.82. The summed E-state index contributed by atoms with van der Waals surface area (Å²) >= 11 is 0.431. The van der Waals surface area contributed by atoms with Crippen molar-refractivity contribution in [2.24, 2.45) is 0 Å². The number of fused-ring (bicyclic) bond motifs is 3. The van der Waals surface area contributed by atoms with Crippen LogP contribution in [-0.2, 0) is 0 Å². The summed E-state index contributed by atoms with van der Waals surface area (Å²) in [4.78, 5) is 0. The summed E-state index contributed by atoms with van der Waals surface area (Å²) in [6.07, 6.45) is 0. The molecule has 1 nitrogen and oxygen atoms in total. The minimum absolute atomic E-state index is 0.431. The fraction of sp³-hybridized carbons (Fsp3) is 0. The van der Waals surface area contributed by atoms with Crippen LogP contribution in [0.1, 0.15) is 0 Å². The van der Waals surface area contributed by atoms with E-state index in [2.05, 4.69) is 72.0 Å². The first-order valence-corrected chi connectivity index (χ1v) is 8.35. The van der Waals surface area contributed by atoms with Crippen LogP contribution in [-0.4, -0.2) is 14.5 Å². The van der Waals surface area contributed by atoms with E-state index in [1.54, 1.807) is 0 Å². The number of hydrogen-bond acceptors (Lipinski definition) is 1. The van der Waals surface area contributed by atoms with Crippen LogP contribution in [0.3, 0.4) is 0 Å². The topological polar surface area (TPSA) is 12.0 Å². The molecule has 0 unspecified atom stereocenters. The van der Waals surface area contributed by atoms with E-state index in [0.717, 1.165) is 5.69 Å². The van der Waals surface area contributed by atoms with Crippen LogP contribution in [0.2, 0.25) is 0 Å². The number of anilines is 2. The molecule has 0 bridgehead atoms. The van der Waals surface area contributed by atoms with Gasteiger partial charge in [0.1, 0.15) is 0 Å². The van der Waals surface area contributed by atoms with Gasteiger partial charge in [-0.25, -0.2) is 0 Å². The fourth-order valence-corrected chi connectivity index (χ4v) is 4.93. The number of rotatable bonds is 2. The van der Waals surface area contributed by atoms with E-state index in [-0.39, 0.29) is 0 Å². The Morgan fingerprint density at radius 1 is 0.650 bits per heavy atom. The maximum atomic E-state index is 3.56. The Labute approximate surface area is 123 Å². The van der Waals surface area contributed by atoms with Crippen LogP contribution in [0.4, 0.5) is 11.4 Å². The maximum absolute atomic E-state index is 3.56. The SMILES string of the molecule is c1ccc(Nc2cccc3[se]c4ccccc4c23)cc1. The zero-order valence-corrected chi connectivity index (χ0v) is 12.5. The Morgan fingerprint density at radius 3 is 2.30 bits per heavy atom. The molecule has 0 fully saturated rings. The quantitative estimate of drug-likeness (QED) is 0.523. The molecule has 96 valence electrons. The van der Waals surface area contributed by atoms with Crippen LogP contribution in [0.5, 0.6) is 0 Å². The van der Waals surface area contributed by atoms with Crippen molar-refractivity contribution in [1.82, 2.24) is 0 Å². The average molecular weight is 322 g/mol. The van der Waals surface area contributed by atoms with Gasteiger partial charge in [-0.15, -0.1) is 0 Å². The Hall–Kier alpha value is -2.02. The van der Waals surface area contributed by atoms with Gasteiger partial charge < -0.3 is 0 Å². The minimum atomic E-state index is 0.431. The molecule has 4 aromatic rings. The van der Waals surface area contributed by atoms with Crippen molar-refractivity contribution in [2.45, 2.75) is 0 Å². The van der Waals surface area contributed by atoms with E-state index in [0.29, 0.717) is 14.5 Å². The number of para-hydroxylation sites is 1. The zero-order chi connectivity index (χ0) is 13.4. The Kier molecular flexibility index (Phi) is 2.84. The molecular formula is C18H13NSe. The van der Waals surface area contributed by atoms with Crippen molar-refractivity contribution < 1.29 is 0 Å². The molecule has 0 atom stereocenters. The second-order valence-electron chi connectivity index (χ2n) is 4.77. The molecule has 1 heterocycles. The molecule has 0 radical (unpaired) electrons. The molecule has 3 aromatic carbocycles. The number of hydrogen-bond donors (Lipinski definition) is 1. The monoisotopic (exact) mass is 323 g/mol. The van der Waals surface area contributed by atoms with Crippen LogP contribution in [0.15, 0.2) is 72.8 Å². The van der Waals surface area contributed by atoms with E-state index in [4.69, 9.17) is 0 Å². The number of nitrogens with one attached hydrogen (secondary N) is 1. The summed E-state index contributed by atoms with van der Waals surface area (Å²) in [5.41, 5.74) is 2.35. The van der Waals surface area contributed by atoms with Gasteiger partial charge in [0.2, 0.25) is 0 Å². The van der Waals surface area contributed by atoms with Crippen LogP contribution in [0, 0.1) is 0 Å². The van der Waals surface area contributed by atoms with E-state index < -0.39 is 0 Å². The predicted molar refractivity (Wildman–Crippen MR) is 88.1 cm³/mol. The van der Waals surface area contributed by atoms with Gasteiger partial charge in [0, 0.05) is 0 Å². The average Bonchev–Trinajstić information content (AvgIpc) is 2.88. The van der Waals surface area contributed by atoms with Gasteiger partial charge in [-0.05, 0) is 0 Å². The second-order valence-corrected chi connectivity index (χ2v) is 7.04. The molecule has 0 aliphatic heterocycles. The molecule has 4 rings (SSSR count). The van der Waals surface area contributed by atoms with Crippen molar-refractivity contribution in [2.75, 3.05) is 5.32 Å². The van der Waals surface area contributed by atoms with Gasteiger partial charge in [-0.1, -0.05) is 0 Å². The first kappa shape index (κ1) is 11.8. The van der Waals surface area contributed by atoms with E-state index >= 15 is 0 Å². The third-order valence-electron chi connectivity index (χ3n) is 3.46. The first-order valence-electron chi connectivity index (χ1n) is 6.64. The summed E-state index contributed by atoms with van der Waals surface area (Å²) in [5.74, 6) is 0. The zero-order valence-electron chi connectivity index (χ0n) is 10.8. The molecule has 0 aliphatic carbocycles. The molecule has 2 heteroatoms. The summed E-state index contributed by atoms with van der Waals surface area (Å²) in [7, 11) is 0. The Balaban J connectivity index is 1.95. The van der Waals surface area contributed by atoms with Gasteiger partial charge in [0.05, 0.1) is 0 Å². The van der Waals surface area contributed by atoms with E-state index in [9.17, 15) is 0 Å². The number of benzene rings is 3. The summed E-state index contributed by atoms with van der Waals surface area (Å²) in [6, 6.07) is 25.7. The molecule has 20 heavy (non-hydrogen) atoms. The van der Waals surface area contributed by atoms with E-state index in [1.807, 2.05) is 6.07 Å². The van der Waals surface area contributed by atoms with Crippen LogP contribution >= 0.6 is 0 Å². The van der Waals surface area contributed by atoms with Crippen molar-refractivity contribution in [1.29, 1.82) is 0 Å².